The first-order chi connectivity index (χ1) is 12.0. The molecule has 8 heteroatoms. The summed E-state index contributed by atoms with van der Waals surface area (Å²) in [4.78, 5) is 24.5. The van der Waals surface area contributed by atoms with Gasteiger partial charge in [-0.1, -0.05) is 60.4 Å². The Kier molecular flexibility index (Phi) is 5.11. The molecule has 0 unspecified atom stereocenters. The van der Waals surface area contributed by atoms with Crippen LogP contribution in [-0.2, 0) is 11.3 Å². The highest BCUT2D eigenvalue weighted by molar-refractivity contribution is 8.26. The van der Waals surface area contributed by atoms with Crippen molar-refractivity contribution in [2.45, 2.75) is 6.54 Å². The molecule has 126 valence electrons. The van der Waals surface area contributed by atoms with E-state index < -0.39 is 4.92 Å². The fraction of sp³-hybridized carbons (Fsp3) is 0.0588. The number of rotatable bonds is 5. The summed E-state index contributed by atoms with van der Waals surface area (Å²) in [5.41, 5.74) is 0.999. The lowest BCUT2D eigenvalue weighted by molar-refractivity contribution is -0.402. The molecular formula is C17H12N2O4S2. The van der Waals surface area contributed by atoms with E-state index in [0.29, 0.717) is 21.5 Å². The maximum Gasteiger partial charge on any atom is 0.433 e. The smallest absolute Gasteiger partial charge is 0.401 e. The highest BCUT2D eigenvalue weighted by Crippen LogP contribution is 2.32. The number of benzene rings is 1. The van der Waals surface area contributed by atoms with Crippen LogP contribution in [0.25, 0.3) is 6.08 Å². The van der Waals surface area contributed by atoms with Crippen molar-refractivity contribution in [3.8, 4) is 0 Å². The van der Waals surface area contributed by atoms with E-state index in [9.17, 15) is 14.9 Å². The minimum absolute atomic E-state index is 0.158. The highest BCUT2D eigenvalue weighted by atomic mass is 32.2. The topological polar surface area (TPSA) is 76.6 Å². The lowest BCUT2D eigenvalue weighted by Crippen LogP contribution is -2.27. The zero-order valence-electron chi connectivity index (χ0n) is 12.8. The normalized spacial score (nSPS) is 16.3. The van der Waals surface area contributed by atoms with E-state index in [4.69, 9.17) is 16.6 Å². The molecule has 0 aliphatic carbocycles. The van der Waals surface area contributed by atoms with Gasteiger partial charge in [0.2, 0.25) is 0 Å². The van der Waals surface area contributed by atoms with Gasteiger partial charge in [0.25, 0.3) is 5.91 Å². The van der Waals surface area contributed by atoms with Crippen molar-refractivity contribution >= 4 is 46.2 Å². The second kappa shape index (κ2) is 7.45. The summed E-state index contributed by atoms with van der Waals surface area (Å²) in [7, 11) is 0. The van der Waals surface area contributed by atoms with Crippen LogP contribution in [0.2, 0.25) is 0 Å². The second-order valence-corrected chi connectivity index (χ2v) is 6.74. The predicted molar refractivity (Wildman–Crippen MR) is 99.7 cm³/mol. The van der Waals surface area contributed by atoms with Crippen LogP contribution in [-0.4, -0.2) is 20.1 Å². The molecule has 1 amide bonds. The maximum atomic E-state index is 12.5. The van der Waals surface area contributed by atoms with Crippen molar-refractivity contribution in [3.63, 3.8) is 0 Å². The minimum atomic E-state index is -0.605. The van der Waals surface area contributed by atoms with Gasteiger partial charge in [-0.25, -0.2) is 0 Å². The molecule has 1 aromatic carbocycles. The van der Waals surface area contributed by atoms with Gasteiger partial charge in [-0.15, -0.1) is 0 Å². The summed E-state index contributed by atoms with van der Waals surface area (Å²) in [6.07, 6.45) is 4.78. The summed E-state index contributed by atoms with van der Waals surface area (Å²) in [5.74, 6) is -0.148. The molecular weight excluding hydrogens is 360 g/mol. The number of furan rings is 1. The molecule has 3 rings (SSSR count). The van der Waals surface area contributed by atoms with Gasteiger partial charge < -0.3 is 4.42 Å². The maximum absolute atomic E-state index is 12.5. The van der Waals surface area contributed by atoms with Crippen molar-refractivity contribution < 1.29 is 14.1 Å². The number of amides is 1. The van der Waals surface area contributed by atoms with E-state index in [0.717, 1.165) is 5.56 Å². The number of thiocarbonyl (C=S) groups is 1. The molecule has 2 heterocycles. The Hall–Kier alpha value is -2.71. The van der Waals surface area contributed by atoms with Crippen LogP contribution in [0.5, 0.6) is 0 Å². The Labute approximate surface area is 153 Å². The third-order valence-corrected chi connectivity index (χ3v) is 4.75. The second-order valence-electron chi connectivity index (χ2n) is 5.07. The first kappa shape index (κ1) is 17.1. The standard InChI is InChI=1S/C17H12N2O4S2/c20-16-14(8-4-7-13-9-10-15(23-13)19(21)22)25-17(24)18(16)11-12-5-2-1-3-6-12/h1-10H,11H2/b7-4+,14-8+. The number of hydrogen-bond donors (Lipinski definition) is 0. The molecule has 1 aliphatic rings. The third-order valence-electron chi connectivity index (χ3n) is 3.36. The van der Waals surface area contributed by atoms with Gasteiger partial charge in [-0.3, -0.25) is 19.8 Å². The zero-order chi connectivity index (χ0) is 17.8. The van der Waals surface area contributed by atoms with Gasteiger partial charge in [-0.2, -0.15) is 0 Å². The molecule has 0 radical (unpaired) electrons. The predicted octanol–water partition coefficient (Wildman–Crippen LogP) is 4.15. The largest absolute Gasteiger partial charge is 0.433 e. The quantitative estimate of drug-likeness (QED) is 0.340. The number of carbonyl (C=O) groups excluding carboxylic acids is 1. The first-order valence-corrected chi connectivity index (χ1v) is 8.47. The third kappa shape index (κ3) is 4.04. The molecule has 2 aromatic rings. The number of hydrogen-bond acceptors (Lipinski definition) is 6. The lowest BCUT2D eigenvalue weighted by Gasteiger charge is -2.14. The monoisotopic (exact) mass is 372 g/mol. The van der Waals surface area contributed by atoms with Crippen molar-refractivity contribution in [3.05, 3.63) is 81.0 Å². The van der Waals surface area contributed by atoms with E-state index >= 15 is 0 Å². The van der Waals surface area contributed by atoms with Crippen LogP contribution >= 0.6 is 24.0 Å². The van der Waals surface area contributed by atoms with Gasteiger partial charge in [0.05, 0.1) is 17.5 Å². The van der Waals surface area contributed by atoms with Crippen LogP contribution in [0.3, 0.4) is 0 Å². The molecule has 1 fully saturated rings. The molecule has 1 saturated heterocycles. The molecule has 25 heavy (non-hydrogen) atoms. The lowest BCUT2D eigenvalue weighted by atomic mass is 10.2. The summed E-state index contributed by atoms with van der Waals surface area (Å²) < 4.78 is 5.52. The van der Waals surface area contributed by atoms with Gasteiger partial charge in [0.15, 0.2) is 0 Å². The number of nitro groups is 1. The fourth-order valence-corrected chi connectivity index (χ4v) is 3.38. The molecule has 0 atom stereocenters. The fourth-order valence-electron chi connectivity index (χ4n) is 2.18. The number of nitrogens with zero attached hydrogens (tertiary/aromatic N) is 2. The van der Waals surface area contributed by atoms with E-state index in [1.807, 2.05) is 30.3 Å². The van der Waals surface area contributed by atoms with E-state index in [2.05, 4.69) is 0 Å². The molecule has 1 aromatic heterocycles. The number of thioether (sulfide) groups is 1. The molecule has 1 aliphatic heterocycles. The van der Waals surface area contributed by atoms with Gasteiger partial charge in [0, 0.05) is 0 Å². The van der Waals surface area contributed by atoms with E-state index in [-0.39, 0.29) is 11.8 Å². The average Bonchev–Trinajstić information content (AvgIpc) is 3.17. The van der Waals surface area contributed by atoms with Gasteiger partial charge in [0.1, 0.15) is 15.0 Å². The Bertz CT molecular complexity index is 887. The molecule has 0 bridgehead atoms. The van der Waals surface area contributed by atoms with Crippen LogP contribution in [0.4, 0.5) is 5.88 Å². The Morgan fingerprint density at radius 3 is 2.68 bits per heavy atom. The van der Waals surface area contributed by atoms with Crippen LogP contribution in [0.1, 0.15) is 11.3 Å². The summed E-state index contributed by atoms with van der Waals surface area (Å²) in [5, 5.41) is 10.6. The molecule has 0 N–H and O–H groups in total. The van der Waals surface area contributed by atoms with Crippen molar-refractivity contribution in [2.24, 2.45) is 0 Å². The summed E-state index contributed by atoms with van der Waals surface area (Å²) in [6.45, 7) is 0.428. The van der Waals surface area contributed by atoms with Gasteiger partial charge >= 0.3 is 5.88 Å². The first-order valence-electron chi connectivity index (χ1n) is 7.25. The van der Waals surface area contributed by atoms with E-state index in [1.165, 1.54) is 23.9 Å². The minimum Gasteiger partial charge on any atom is -0.401 e. The van der Waals surface area contributed by atoms with Gasteiger partial charge in [-0.05, 0) is 23.8 Å². The van der Waals surface area contributed by atoms with Crippen molar-refractivity contribution in [2.75, 3.05) is 0 Å². The van der Waals surface area contributed by atoms with Crippen LogP contribution in [0, 0.1) is 10.1 Å². The molecule has 0 saturated carbocycles. The molecule has 6 nitrogen and oxygen atoms in total. The zero-order valence-corrected chi connectivity index (χ0v) is 14.5. The van der Waals surface area contributed by atoms with Crippen LogP contribution in [0.15, 0.2) is 63.9 Å². The molecule has 0 spiro atoms. The number of allylic oxidation sites excluding steroid dienone is 2. The van der Waals surface area contributed by atoms with Crippen molar-refractivity contribution in [1.82, 2.24) is 4.90 Å². The average molecular weight is 372 g/mol. The number of carbonyl (C=O) groups is 1. The van der Waals surface area contributed by atoms with Crippen molar-refractivity contribution in [1.29, 1.82) is 0 Å². The summed E-state index contributed by atoms with van der Waals surface area (Å²) in [6, 6.07) is 12.4. The highest BCUT2D eigenvalue weighted by Gasteiger charge is 2.31. The van der Waals surface area contributed by atoms with E-state index in [1.54, 1.807) is 23.1 Å². The Balaban J connectivity index is 1.69. The Morgan fingerprint density at radius 1 is 1.24 bits per heavy atom. The SMILES string of the molecule is O=C1/C(=C\C=C\c2ccc([N+](=O)[O-])o2)SC(=S)N1Cc1ccccc1. The van der Waals surface area contributed by atoms with Crippen LogP contribution < -0.4 is 0 Å². The Morgan fingerprint density at radius 2 is 2.00 bits per heavy atom. The summed E-state index contributed by atoms with van der Waals surface area (Å²) >= 11 is 6.50.